The average Bonchev–Trinajstić information content (AvgIpc) is 2.67. The Morgan fingerprint density at radius 1 is 1.19 bits per heavy atom. The Morgan fingerprint density at radius 2 is 1.93 bits per heavy atom. The fraction of sp³-hybridized carbons (Fsp3) is 0.600. The Balaban J connectivity index is 1.61. The van der Waals surface area contributed by atoms with Gasteiger partial charge in [-0.3, -0.25) is 19.4 Å². The van der Waals surface area contributed by atoms with Crippen molar-refractivity contribution < 1.29 is 14.7 Å². The van der Waals surface area contributed by atoms with Crippen molar-refractivity contribution in [2.24, 2.45) is 0 Å². The average molecular weight is 374 g/mol. The second-order valence-electron chi connectivity index (χ2n) is 7.35. The molecule has 0 aliphatic carbocycles. The highest BCUT2D eigenvalue weighted by atomic mass is 16.3. The normalized spacial score (nSPS) is 21.9. The van der Waals surface area contributed by atoms with Crippen molar-refractivity contribution in [1.82, 2.24) is 20.0 Å². The summed E-state index contributed by atoms with van der Waals surface area (Å²) in [4.78, 5) is 31.4. The summed E-state index contributed by atoms with van der Waals surface area (Å²) in [7, 11) is 0. The highest BCUT2D eigenvalue weighted by molar-refractivity contribution is 5.88. The Labute approximate surface area is 160 Å². The molecule has 1 atom stereocenters. The molecule has 0 bridgehead atoms. The molecule has 7 nitrogen and oxygen atoms in total. The number of rotatable bonds is 6. The first kappa shape index (κ1) is 19.8. The molecule has 0 radical (unpaired) electrons. The number of aliphatic hydroxyl groups is 1. The van der Waals surface area contributed by atoms with Crippen molar-refractivity contribution in [2.75, 3.05) is 52.4 Å². The number of aryl methyl sites for hydroxylation is 1. The zero-order valence-corrected chi connectivity index (χ0v) is 16.1. The predicted octanol–water partition coefficient (Wildman–Crippen LogP) is -0.178. The molecular weight excluding hydrogens is 344 g/mol. The highest BCUT2D eigenvalue weighted by Gasteiger charge is 2.33. The molecule has 1 aromatic carbocycles. The van der Waals surface area contributed by atoms with Crippen molar-refractivity contribution >= 4 is 11.8 Å². The molecule has 148 valence electrons. The molecular formula is C20H30N4O3. The Hall–Kier alpha value is -1.96. The second-order valence-corrected chi connectivity index (χ2v) is 7.35. The summed E-state index contributed by atoms with van der Waals surface area (Å²) < 4.78 is 0. The molecule has 1 aromatic rings. The van der Waals surface area contributed by atoms with Crippen molar-refractivity contribution in [3.63, 3.8) is 0 Å². The maximum Gasteiger partial charge on any atom is 0.237 e. The van der Waals surface area contributed by atoms with E-state index in [0.29, 0.717) is 32.7 Å². The van der Waals surface area contributed by atoms with E-state index in [4.69, 9.17) is 5.11 Å². The zero-order valence-electron chi connectivity index (χ0n) is 16.1. The molecule has 0 aromatic heterocycles. The number of aliphatic hydroxyl groups excluding tert-OH is 1. The Morgan fingerprint density at radius 3 is 2.63 bits per heavy atom. The van der Waals surface area contributed by atoms with E-state index in [-0.39, 0.29) is 24.8 Å². The number of amides is 2. The van der Waals surface area contributed by atoms with Crippen molar-refractivity contribution in [2.45, 2.75) is 25.9 Å². The number of hydrogen-bond acceptors (Lipinski definition) is 5. The van der Waals surface area contributed by atoms with Crippen LogP contribution < -0.4 is 5.32 Å². The summed E-state index contributed by atoms with van der Waals surface area (Å²) in [6, 6.07) is 7.77. The maximum absolute atomic E-state index is 12.8. The number of carbonyl (C=O) groups excluding carboxylic acids is 2. The van der Waals surface area contributed by atoms with Crippen LogP contribution in [-0.2, 0) is 16.1 Å². The van der Waals surface area contributed by atoms with E-state index in [1.54, 1.807) is 0 Å². The molecule has 2 fully saturated rings. The minimum Gasteiger partial charge on any atom is -0.395 e. The van der Waals surface area contributed by atoms with Gasteiger partial charge in [0.25, 0.3) is 0 Å². The molecule has 27 heavy (non-hydrogen) atoms. The monoisotopic (exact) mass is 374 g/mol. The molecule has 2 saturated heterocycles. The van der Waals surface area contributed by atoms with Gasteiger partial charge in [-0.2, -0.15) is 0 Å². The van der Waals surface area contributed by atoms with Crippen LogP contribution in [0.5, 0.6) is 0 Å². The summed E-state index contributed by atoms with van der Waals surface area (Å²) >= 11 is 0. The van der Waals surface area contributed by atoms with Gasteiger partial charge in [0.2, 0.25) is 11.8 Å². The molecule has 2 N–H and O–H groups in total. The maximum atomic E-state index is 12.8. The lowest BCUT2D eigenvalue weighted by molar-refractivity contribution is -0.140. The van der Waals surface area contributed by atoms with Crippen molar-refractivity contribution in [1.29, 1.82) is 0 Å². The third-order valence-corrected chi connectivity index (χ3v) is 5.59. The Bertz CT molecular complexity index is 658. The Kier molecular flexibility index (Phi) is 6.82. The summed E-state index contributed by atoms with van der Waals surface area (Å²) in [5, 5.41) is 11.9. The van der Waals surface area contributed by atoms with Gasteiger partial charge in [-0.05, 0) is 18.1 Å². The lowest BCUT2D eigenvalue weighted by Gasteiger charge is -2.38. The number of nitrogens with one attached hydrogen (secondary N) is 1. The molecule has 2 heterocycles. The topological polar surface area (TPSA) is 76.1 Å². The van der Waals surface area contributed by atoms with Crippen LogP contribution in [0.15, 0.2) is 24.3 Å². The lowest BCUT2D eigenvalue weighted by Crippen LogP contribution is -2.57. The number of nitrogens with zero attached hydrogens (tertiary/aromatic N) is 3. The molecule has 0 spiro atoms. The third kappa shape index (κ3) is 5.06. The van der Waals surface area contributed by atoms with Gasteiger partial charge in [0.15, 0.2) is 0 Å². The number of piperazine rings is 2. The van der Waals surface area contributed by atoms with E-state index < -0.39 is 6.04 Å². The lowest BCUT2D eigenvalue weighted by atomic mass is 10.0. The molecule has 3 rings (SSSR count). The summed E-state index contributed by atoms with van der Waals surface area (Å²) in [5.74, 6) is -0.0161. The predicted molar refractivity (Wildman–Crippen MR) is 103 cm³/mol. The first-order valence-corrected chi connectivity index (χ1v) is 9.75. The third-order valence-electron chi connectivity index (χ3n) is 5.59. The number of β-amino-alcohol motifs (C(OH)–C–C–N with tert-alkyl or cyclic N) is 1. The van der Waals surface area contributed by atoms with E-state index in [1.165, 1.54) is 11.1 Å². The van der Waals surface area contributed by atoms with Crippen LogP contribution in [0.1, 0.15) is 17.5 Å². The number of hydrogen-bond donors (Lipinski definition) is 2. The quantitative estimate of drug-likeness (QED) is 0.723. The van der Waals surface area contributed by atoms with Crippen LogP contribution >= 0.6 is 0 Å². The fourth-order valence-corrected chi connectivity index (χ4v) is 3.84. The van der Waals surface area contributed by atoms with E-state index in [1.807, 2.05) is 17.0 Å². The van der Waals surface area contributed by atoms with E-state index in [9.17, 15) is 9.59 Å². The minimum atomic E-state index is -0.415. The van der Waals surface area contributed by atoms with E-state index in [0.717, 1.165) is 19.6 Å². The van der Waals surface area contributed by atoms with E-state index >= 15 is 0 Å². The van der Waals surface area contributed by atoms with Crippen LogP contribution in [0.3, 0.4) is 0 Å². The first-order chi connectivity index (χ1) is 13.1. The van der Waals surface area contributed by atoms with Crippen LogP contribution in [0.2, 0.25) is 0 Å². The molecule has 2 aliphatic rings. The number of carbonyl (C=O) groups is 2. The molecule has 2 amide bonds. The van der Waals surface area contributed by atoms with Crippen LogP contribution in [0.4, 0.5) is 0 Å². The smallest absolute Gasteiger partial charge is 0.237 e. The molecule has 7 heteroatoms. The van der Waals surface area contributed by atoms with Crippen LogP contribution in [-0.4, -0.2) is 90.1 Å². The summed E-state index contributed by atoms with van der Waals surface area (Å²) in [5.41, 5.74) is 2.40. The van der Waals surface area contributed by atoms with Crippen LogP contribution in [0.25, 0.3) is 0 Å². The van der Waals surface area contributed by atoms with Gasteiger partial charge in [-0.1, -0.05) is 24.3 Å². The van der Waals surface area contributed by atoms with Gasteiger partial charge < -0.3 is 15.3 Å². The van der Waals surface area contributed by atoms with Gasteiger partial charge in [0.05, 0.1) is 19.1 Å². The van der Waals surface area contributed by atoms with Gasteiger partial charge in [-0.15, -0.1) is 0 Å². The zero-order chi connectivity index (χ0) is 19.2. The second kappa shape index (κ2) is 9.30. The number of benzene rings is 1. The molecule has 1 unspecified atom stereocenters. The SMILES string of the molecule is Cc1ccccc1CN1CCNC(=O)C1CC(=O)N1CCN(CCO)CC1. The molecule has 0 saturated carbocycles. The minimum absolute atomic E-state index is 0.0375. The fourth-order valence-electron chi connectivity index (χ4n) is 3.84. The van der Waals surface area contributed by atoms with E-state index in [2.05, 4.69) is 34.2 Å². The van der Waals surface area contributed by atoms with Crippen LogP contribution in [0, 0.1) is 6.92 Å². The molecule has 2 aliphatic heterocycles. The van der Waals surface area contributed by atoms with Crippen molar-refractivity contribution in [3.05, 3.63) is 35.4 Å². The summed E-state index contributed by atoms with van der Waals surface area (Å²) in [6.07, 6.45) is 0.220. The van der Waals surface area contributed by atoms with Gasteiger partial charge in [0, 0.05) is 52.4 Å². The van der Waals surface area contributed by atoms with Crippen molar-refractivity contribution in [3.8, 4) is 0 Å². The standard InChI is InChI=1S/C20H30N4O3/c1-16-4-2-3-5-17(16)15-24-7-6-21-20(27)18(24)14-19(26)23-10-8-22(9-11-23)12-13-25/h2-5,18,25H,6-15H2,1H3,(H,21,27). The summed E-state index contributed by atoms with van der Waals surface area (Å²) in [6.45, 7) is 7.79. The van der Waals surface area contributed by atoms with Gasteiger partial charge >= 0.3 is 0 Å². The van der Waals surface area contributed by atoms with Gasteiger partial charge in [0.1, 0.15) is 0 Å². The first-order valence-electron chi connectivity index (χ1n) is 9.75. The van der Waals surface area contributed by atoms with Gasteiger partial charge in [-0.25, -0.2) is 0 Å². The highest BCUT2D eigenvalue weighted by Crippen LogP contribution is 2.17. The largest absolute Gasteiger partial charge is 0.395 e.